The monoisotopic (exact) mass is 438 g/mol. The fraction of sp³-hybridized carbons (Fsp3) is 0.650. The lowest BCUT2D eigenvalue weighted by Gasteiger charge is -2.32. The molecule has 10 heteroatoms. The summed E-state index contributed by atoms with van der Waals surface area (Å²) in [6.45, 7) is 15.3. The third-order valence-electron chi connectivity index (χ3n) is 4.77. The van der Waals surface area contributed by atoms with Crippen molar-refractivity contribution in [1.82, 2.24) is 10.3 Å². The molecule has 166 valence electrons. The molecule has 0 saturated carbocycles. The van der Waals surface area contributed by atoms with Gasteiger partial charge >= 0.3 is 19.2 Å². The lowest BCUT2D eigenvalue weighted by molar-refractivity contribution is 0.00578. The number of hydrogen-bond donors (Lipinski definition) is 1. The molecule has 2 heterocycles. The number of alkyl carbamates (subject to hydrolysis) is 1. The van der Waals surface area contributed by atoms with Crippen LogP contribution in [0, 0.1) is 0 Å². The maximum absolute atomic E-state index is 12.2. The van der Waals surface area contributed by atoms with Crippen molar-refractivity contribution in [2.24, 2.45) is 0 Å². The second kappa shape index (κ2) is 9.07. The minimum atomic E-state index is -0.706. The zero-order valence-corrected chi connectivity index (χ0v) is 19.8. The SMILES string of the molecule is CCOC(=O)c1ncsc1C=C(CNC(=O)OC(C)(C)C)B1OC(C)(C)C(C)(C)O1. The number of nitrogens with one attached hydrogen (secondary N) is 1. The summed E-state index contributed by atoms with van der Waals surface area (Å²) in [5, 5.41) is 2.74. The number of ether oxygens (including phenoxy) is 2. The quantitative estimate of drug-likeness (QED) is 0.532. The first-order valence-electron chi connectivity index (χ1n) is 9.89. The van der Waals surface area contributed by atoms with Crippen molar-refractivity contribution < 1.29 is 28.4 Å². The lowest BCUT2D eigenvalue weighted by atomic mass is 9.77. The fourth-order valence-electron chi connectivity index (χ4n) is 2.56. The summed E-state index contributed by atoms with van der Waals surface area (Å²) in [4.78, 5) is 29.1. The van der Waals surface area contributed by atoms with Crippen LogP contribution in [-0.2, 0) is 18.8 Å². The van der Waals surface area contributed by atoms with Crippen molar-refractivity contribution >= 4 is 36.6 Å². The van der Waals surface area contributed by atoms with E-state index in [0.29, 0.717) is 10.3 Å². The molecule has 1 aromatic rings. The fourth-order valence-corrected chi connectivity index (χ4v) is 3.30. The van der Waals surface area contributed by atoms with E-state index in [4.69, 9.17) is 18.8 Å². The molecule has 1 aliphatic rings. The van der Waals surface area contributed by atoms with Gasteiger partial charge in [-0.2, -0.15) is 0 Å². The van der Waals surface area contributed by atoms with Crippen LogP contribution < -0.4 is 5.32 Å². The Balaban J connectivity index is 2.31. The van der Waals surface area contributed by atoms with E-state index in [1.807, 2.05) is 27.7 Å². The number of carbonyl (C=O) groups excluding carboxylic acids is 2. The molecule has 1 amide bonds. The molecule has 0 unspecified atom stereocenters. The van der Waals surface area contributed by atoms with E-state index in [9.17, 15) is 9.59 Å². The third kappa shape index (κ3) is 6.06. The smallest absolute Gasteiger partial charge is 0.461 e. The molecule has 8 nitrogen and oxygen atoms in total. The van der Waals surface area contributed by atoms with Gasteiger partial charge in [-0.1, -0.05) is 0 Å². The molecule has 0 spiro atoms. The van der Waals surface area contributed by atoms with Crippen LogP contribution in [0.25, 0.3) is 6.08 Å². The van der Waals surface area contributed by atoms with Gasteiger partial charge in [0.15, 0.2) is 5.69 Å². The molecular weight excluding hydrogens is 407 g/mol. The lowest BCUT2D eigenvalue weighted by Crippen LogP contribution is -2.41. The molecule has 30 heavy (non-hydrogen) atoms. The van der Waals surface area contributed by atoms with E-state index < -0.39 is 36.0 Å². The Morgan fingerprint density at radius 3 is 2.37 bits per heavy atom. The number of rotatable bonds is 6. The molecule has 2 rings (SSSR count). The van der Waals surface area contributed by atoms with Gasteiger partial charge in [0.05, 0.1) is 28.2 Å². The van der Waals surface area contributed by atoms with Crippen molar-refractivity contribution in [2.45, 2.75) is 72.2 Å². The van der Waals surface area contributed by atoms with Crippen molar-refractivity contribution in [3.8, 4) is 0 Å². The van der Waals surface area contributed by atoms with Gasteiger partial charge in [-0.25, -0.2) is 14.6 Å². The largest absolute Gasteiger partial charge is 0.492 e. The van der Waals surface area contributed by atoms with E-state index in [1.54, 1.807) is 39.3 Å². The van der Waals surface area contributed by atoms with Crippen LogP contribution in [0.3, 0.4) is 0 Å². The Kier molecular flexibility index (Phi) is 7.37. The molecule has 0 bridgehead atoms. The minimum absolute atomic E-state index is 0.117. The van der Waals surface area contributed by atoms with Crippen LogP contribution in [0.5, 0.6) is 0 Å². The predicted octanol–water partition coefficient (Wildman–Crippen LogP) is 3.86. The first-order chi connectivity index (χ1) is 13.8. The average molecular weight is 438 g/mol. The Morgan fingerprint density at radius 1 is 1.23 bits per heavy atom. The summed E-state index contributed by atoms with van der Waals surface area (Å²) in [7, 11) is -0.706. The number of thiazole rings is 1. The number of carbonyl (C=O) groups is 2. The Labute approximate surface area is 182 Å². The number of amides is 1. The van der Waals surface area contributed by atoms with Crippen LogP contribution >= 0.6 is 11.3 Å². The van der Waals surface area contributed by atoms with Crippen LogP contribution in [-0.4, -0.2) is 54.1 Å². The second-order valence-corrected chi connectivity index (χ2v) is 9.83. The van der Waals surface area contributed by atoms with E-state index in [2.05, 4.69) is 10.3 Å². The number of nitrogens with zero attached hydrogens (tertiary/aromatic N) is 1. The maximum atomic E-state index is 12.2. The highest BCUT2D eigenvalue weighted by Gasteiger charge is 2.52. The van der Waals surface area contributed by atoms with E-state index >= 15 is 0 Å². The first-order valence-corrected chi connectivity index (χ1v) is 10.8. The molecule has 1 aromatic heterocycles. The van der Waals surface area contributed by atoms with E-state index in [-0.39, 0.29) is 18.8 Å². The normalized spacial score (nSPS) is 18.3. The van der Waals surface area contributed by atoms with Gasteiger partial charge in [0.25, 0.3) is 0 Å². The van der Waals surface area contributed by atoms with E-state index in [1.165, 1.54) is 11.3 Å². The predicted molar refractivity (Wildman–Crippen MR) is 116 cm³/mol. The molecule has 1 aliphatic heterocycles. The van der Waals surface area contributed by atoms with Crippen LogP contribution in [0.1, 0.15) is 70.8 Å². The standard InChI is InChI=1S/C20H31BN2O6S/c1-9-26-16(24)15-14(30-12-23-15)10-13(11-22-17(25)27-18(2,3)4)21-28-19(5,6)20(7,8)29-21/h10,12H,9,11H2,1-8H3,(H,22,25). The first kappa shape index (κ1) is 24.4. The van der Waals surface area contributed by atoms with Gasteiger partial charge < -0.3 is 24.1 Å². The summed E-state index contributed by atoms with van der Waals surface area (Å²) in [5.74, 6) is -0.502. The molecule has 1 fully saturated rings. The average Bonchev–Trinajstić information content (AvgIpc) is 3.12. The molecular formula is C20H31BN2O6S. The number of aromatic nitrogens is 1. The third-order valence-corrected chi connectivity index (χ3v) is 5.55. The summed E-state index contributed by atoms with van der Waals surface area (Å²) < 4.78 is 22.7. The van der Waals surface area contributed by atoms with Crippen molar-refractivity contribution in [3.63, 3.8) is 0 Å². The van der Waals surface area contributed by atoms with Gasteiger partial charge in [0.1, 0.15) is 5.60 Å². The van der Waals surface area contributed by atoms with Gasteiger partial charge in [-0.05, 0) is 66.9 Å². The van der Waals surface area contributed by atoms with E-state index in [0.717, 1.165) is 0 Å². The van der Waals surface area contributed by atoms with Gasteiger partial charge in [0.2, 0.25) is 0 Å². The zero-order chi connectivity index (χ0) is 22.7. The highest BCUT2D eigenvalue weighted by molar-refractivity contribution is 7.11. The second-order valence-electron chi connectivity index (χ2n) is 8.95. The molecule has 1 N–H and O–H groups in total. The Hall–Kier alpha value is -1.91. The highest BCUT2D eigenvalue weighted by atomic mass is 32.1. The maximum Gasteiger partial charge on any atom is 0.492 e. The minimum Gasteiger partial charge on any atom is -0.461 e. The van der Waals surface area contributed by atoms with Crippen LogP contribution in [0.15, 0.2) is 11.0 Å². The molecule has 1 saturated heterocycles. The zero-order valence-electron chi connectivity index (χ0n) is 19.0. The molecule has 0 aliphatic carbocycles. The number of hydrogen-bond acceptors (Lipinski definition) is 8. The highest BCUT2D eigenvalue weighted by Crippen LogP contribution is 2.39. The van der Waals surface area contributed by atoms with Crippen molar-refractivity contribution in [2.75, 3.05) is 13.2 Å². The van der Waals surface area contributed by atoms with Gasteiger partial charge in [0, 0.05) is 6.54 Å². The van der Waals surface area contributed by atoms with Gasteiger partial charge in [-0.15, -0.1) is 11.3 Å². The summed E-state index contributed by atoms with van der Waals surface area (Å²) in [6.07, 6.45) is 1.20. The summed E-state index contributed by atoms with van der Waals surface area (Å²) >= 11 is 1.29. The molecule has 0 atom stereocenters. The topological polar surface area (TPSA) is 96.0 Å². The molecule has 0 radical (unpaired) electrons. The number of esters is 1. The van der Waals surface area contributed by atoms with Crippen LogP contribution in [0.2, 0.25) is 0 Å². The molecule has 0 aromatic carbocycles. The van der Waals surface area contributed by atoms with Gasteiger partial charge in [-0.3, -0.25) is 0 Å². The summed E-state index contributed by atoms with van der Waals surface area (Å²) in [6, 6.07) is 0. The Bertz CT molecular complexity index is 796. The summed E-state index contributed by atoms with van der Waals surface area (Å²) in [5.41, 5.74) is 0.692. The Morgan fingerprint density at radius 2 is 1.83 bits per heavy atom. The van der Waals surface area contributed by atoms with Crippen LogP contribution in [0.4, 0.5) is 4.79 Å². The van der Waals surface area contributed by atoms with Crippen molar-refractivity contribution in [3.05, 3.63) is 21.6 Å². The van der Waals surface area contributed by atoms with Crippen molar-refractivity contribution in [1.29, 1.82) is 0 Å².